The number of carbonyl (C=O) groups is 1. The fourth-order valence-electron chi connectivity index (χ4n) is 2.21. The number of rotatable bonds is 6. The molecule has 0 amide bonds. The third-order valence-electron chi connectivity index (χ3n) is 3.29. The largest absolute Gasteiger partial charge is 0.481 e. The zero-order valence-corrected chi connectivity index (χ0v) is 12.5. The Balaban J connectivity index is 2.30. The van der Waals surface area contributed by atoms with Crippen molar-refractivity contribution in [3.63, 3.8) is 0 Å². The molecule has 0 radical (unpaired) electrons. The SMILES string of the molecule is O=C(O)CC(CS(=O)(=O)c1ccc(F)cc1)c1ccccc1. The summed E-state index contributed by atoms with van der Waals surface area (Å²) in [5, 5.41) is 9.00. The summed E-state index contributed by atoms with van der Waals surface area (Å²) in [6.07, 6.45) is -0.287. The van der Waals surface area contributed by atoms with E-state index >= 15 is 0 Å². The lowest BCUT2D eigenvalue weighted by molar-refractivity contribution is -0.137. The normalized spacial score (nSPS) is 12.8. The van der Waals surface area contributed by atoms with E-state index in [0.29, 0.717) is 5.56 Å². The van der Waals surface area contributed by atoms with Crippen LogP contribution in [-0.4, -0.2) is 25.2 Å². The van der Waals surface area contributed by atoms with Gasteiger partial charge in [0.1, 0.15) is 5.82 Å². The maximum Gasteiger partial charge on any atom is 0.303 e. The Morgan fingerprint density at radius 3 is 2.18 bits per heavy atom. The first-order chi connectivity index (χ1) is 10.4. The monoisotopic (exact) mass is 322 g/mol. The van der Waals surface area contributed by atoms with Crippen LogP contribution in [0.4, 0.5) is 4.39 Å². The molecule has 0 saturated carbocycles. The molecular formula is C16H15FO4S. The molecule has 0 aliphatic carbocycles. The van der Waals surface area contributed by atoms with Gasteiger partial charge in [0, 0.05) is 5.92 Å². The summed E-state index contributed by atoms with van der Waals surface area (Å²) < 4.78 is 37.7. The summed E-state index contributed by atoms with van der Waals surface area (Å²) in [7, 11) is -3.70. The van der Waals surface area contributed by atoms with Gasteiger partial charge in [0.2, 0.25) is 0 Å². The van der Waals surface area contributed by atoms with Crippen LogP contribution >= 0.6 is 0 Å². The summed E-state index contributed by atoms with van der Waals surface area (Å²) in [6.45, 7) is 0. The maximum absolute atomic E-state index is 12.9. The molecule has 0 bridgehead atoms. The second kappa shape index (κ2) is 6.70. The van der Waals surface area contributed by atoms with Crippen molar-refractivity contribution in [3.05, 3.63) is 66.0 Å². The molecule has 0 aliphatic heterocycles. The van der Waals surface area contributed by atoms with Crippen molar-refractivity contribution in [1.29, 1.82) is 0 Å². The number of sulfone groups is 1. The van der Waals surface area contributed by atoms with Gasteiger partial charge < -0.3 is 5.11 Å². The first-order valence-corrected chi connectivity index (χ1v) is 8.29. The van der Waals surface area contributed by atoms with Gasteiger partial charge in [-0.15, -0.1) is 0 Å². The molecule has 0 aromatic heterocycles. The second-order valence-electron chi connectivity index (χ2n) is 4.94. The van der Waals surface area contributed by atoms with E-state index in [4.69, 9.17) is 5.11 Å². The van der Waals surface area contributed by atoms with Crippen molar-refractivity contribution in [2.75, 3.05) is 5.75 Å². The molecule has 0 aliphatic rings. The molecule has 22 heavy (non-hydrogen) atoms. The van der Waals surface area contributed by atoms with Crippen molar-refractivity contribution in [3.8, 4) is 0 Å². The zero-order valence-electron chi connectivity index (χ0n) is 11.6. The van der Waals surface area contributed by atoms with Crippen LogP contribution in [0.3, 0.4) is 0 Å². The van der Waals surface area contributed by atoms with Crippen LogP contribution in [0.2, 0.25) is 0 Å². The van der Waals surface area contributed by atoms with Crippen LogP contribution in [0.15, 0.2) is 59.5 Å². The summed E-state index contributed by atoms with van der Waals surface area (Å²) in [6, 6.07) is 13.2. The zero-order chi connectivity index (χ0) is 16.2. The summed E-state index contributed by atoms with van der Waals surface area (Å²) in [4.78, 5) is 11.0. The number of hydrogen-bond donors (Lipinski definition) is 1. The minimum atomic E-state index is -3.70. The molecule has 0 spiro atoms. The quantitative estimate of drug-likeness (QED) is 0.830. The highest BCUT2D eigenvalue weighted by atomic mass is 32.2. The van der Waals surface area contributed by atoms with Crippen LogP contribution in [0, 0.1) is 5.82 Å². The number of hydrogen-bond acceptors (Lipinski definition) is 3. The third-order valence-corrected chi connectivity index (χ3v) is 5.12. The summed E-state index contributed by atoms with van der Waals surface area (Å²) in [5.41, 5.74) is 0.649. The number of halogens is 1. The van der Waals surface area contributed by atoms with Crippen LogP contribution in [0.1, 0.15) is 17.9 Å². The number of aliphatic carboxylic acids is 1. The summed E-state index contributed by atoms with van der Waals surface area (Å²) >= 11 is 0. The van der Waals surface area contributed by atoms with Crippen molar-refractivity contribution >= 4 is 15.8 Å². The van der Waals surface area contributed by atoms with Gasteiger partial charge in [0.25, 0.3) is 0 Å². The molecule has 2 rings (SSSR count). The van der Waals surface area contributed by atoms with E-state index in [-0.39, 0.29) is 17.1 Å². The van der Waals surface area contributed by atoms with Crippen molar-refractivity contribution in [2.45, 2.75) is 17.2 Å². The molecule has 0 fully saturated rings. The molecule has 1 atom stereocenters. The van der Waals surface area contributed by atoms with Crippen LogP contribution in [0.5, 0.6) is 0 Å². The number of carboxylic acid groups (broad SMARTS) is 1. The Bertz CT molecular complexity index is 739. The van der Waals surface area contributed by atoms with Gasteiger partial charge in [-0.1, -0.05) is 30.3 Å². The van der Waals surface area contributed by atoms with Gasteiger partial charge in [-0.2, -0.15) is 0 Å². The van der Waals surface area contributed by atoms with E-state index in [2.05, 4.69) is 0 Å². The van der Waals surface area contributed by atoms with Gasteiger partial charge in [-0.25, -0.2) is 12.8 Å². The van der Waals surface area contributed by atoms with Crippen molar-refractivity contribution < 1.29 is 22.7 Å². The smallest absolute Gasteiger partial charge is 0.303 e. The van der Waals surface area contributed by atoms with E-state index in [9.17, 15) is 17.6 Å². The Hall–Kier alpha value is -2.21. The van der Waals surface area contributed by atoms with Crippen molar-refractivity contribution in [2.24, 2.45) is 0 Å². The minimum Gasteiger partial charge on any atom is -0.481 e. The molecule has 0 heterocycles. The molecule has 4 nitrogen and oxygen atoms in total. The highest BCUT2D eigenvalue weighted by Crippen LogP contribution is 2.25. The first kappa shape index (κ1) is 16.2. The van der Waals surface area contributed by atoms with Gasteiger partial charge in [0.05, 0.1) is 17.1 Å². The van der Waals surface area contributed by atoms with E-state index in [1.807, 2.05) is 0 Å². The lowest BCUT2D eigenvalue weighted by atomic mass is 9.98. The van der Waals surface area contributed by atoms with Gasteiger partial charge >= 0.3 is 5.97 Å². The fraction of sp³-hybridized carbons (Fsp3) is 0.188. The number of benzene rings is 2. The number of carboxylic acids is 1. The molecule has 6 heteroatoms. The molecule has 2 aromatic rings. The Kier molecular flexibility index (Phi) is 4.92. The van der Waals surface area contributed by atoms with Crippen LogP contribution < -0.4 is 0 Å². The Labute approximate surface area is 128 Å². The van der Waals surface area contributed by atoms with Crippen LogP contribution in [0.25, 0.3) is 0 Å². The van der Waals surface area contributed by atoms with Gasteiger partial charge in [-0.05, 0) is 29.8 Å². The van der Waals surface area contributed by atoms with E-state index in [0.717, 1.165) is 12.1 Å². The predicted molar refractivity (Wildman–Crippen MR) is 79.9 cm³/mol. The highest BCUT2D eigenvalue weighted by Gasteiger charge is 2.24. The molecule has 1 unspecified atom stereocenters. The van der Waals surface area contributed by atoms with Gasteiger partial charge in [-0.3, -0.25) is 4.79 Å². The standard InChI is InChI=1S/C16H15FO4S/c17-14-6-8-15(9-7-14)22(20,21)11-13(10-16(18)19)12-4-2-1-3-5-12/h1-9,13H,10-11H2,(H,18,19). The molecular weight excluding hydrogens is 307 g/mol. The lowest BCUT2D eigenvalue weighted by Crippen LogP contribution is -2.18. The van der Waals surface area contributed by atoms with Crippen molar-refractivity contribution in [1.82, 2.24) is 0 Å². The fourth-order valence-corrected chi connectivity index (χ4v) is 3.80. The average Bonchev–Trinajstić information content (AvgIpc) is 2.47. The molecule has 1 N–H and O–H groups in total. The summed E-state index contributed by atoms with van der Waals surface area (Å²) in [5.74, 6) is -2.59. The Morgan fingerprint density at radius 2 is 1.64 bits per heavy atom. The van der Waals surface area contributed by atoms with E-state index in [1.54, 1.807) is 30.3 Å². The molecule has 116 valence electrons. The van der Waals surface area contributed by atoms with Gasteiger partial charge in [0.15, 0.2) is 9.84 Å². The predicted octanol–water partition coefficient (Wildman–Crippen LogP) is 2.86. The van der Waals surface area contributed by atoms with E-state index < -0.39 is 27.5 Å². The molecule has 2 aromatic carbocycles. The minimum absolute atomic E-state index is 0.0137. The van der Waals surface area contributed by atoms with E-state index in [1.165, 1.54) is 12.1 Å². The van der Waals surface area contributed by atoms with Crippen LogP contribution in [-0.2, 0) is 14.6 Å². The topological polar surface area (TPSA) is 71.4 Å². The Morgan fingerprint density at radius 1 is 1.05 bits per heavy atom. The first-order valence-electron chi connectivity index (χ1n) is 6.63. The second-order valence-corrected chi connectivity index (χ2v) is 6.98. The lowest BCUT2D eigenvalue weighted by Gasteiger charge is -2.15. The molecule has 0 saturated heterocycles. The third kappa shape index (κ3) is 4.14. The maximum atomic E-state index is 12.9. The highest BCUT2D eigenvalue weighted by molar-refractivity contribution is 7.91. The average molecular weight is 322 g/mol.